The van der Waals surface area contributed by atoms with Gasteiger partial charge in [-0.25, -0.2) is 4.98 Å². The largest absolute Gasteiger partial charge is 0.495 e. The van der Waals surface area contributed by atoms with Crippen LogP contribution in [0.5, 0.6) is 16.7 Å². The van der Waals surface area contributed by atoms with Gasteiger partial charge in [-0.15, -0.1) is 0 Å². The number of anilines is 1. The number of aryl methyl sites for hydroxylation is 1. The lowest BCUT2D eigenvalue weighted by atomic mass is 10.1. The molecule has 24 heavy (non-hydrogen) atoms. The van der Waals surface area contributed by atoms with Crippen LogP contribution >= 0.6 is 11.3 Å². The van der Waals surface area contributed by atoms with Gasteiger partial charge in [-0.2, -0.15) is 0 Å². The number of hydrogen-bond acceptors (Lipinski definition) is 5. The maximum Gasteiger partial charge on any atom is 0.278 e. The van der Waals surface area contributed by atoms with Crippen LogP contribution in [0.4, 0.5) is 5.69 Å². The summed E-state index contributed by atoms with van der Waals surface area (Å²) in [5.74, 6) is 1.05. The Labute approximate surface area is 143 Å². The number of amides is 1. The van der Waals surface area contributed by atoms with E-state index in [1.165, 1.54) is 11.3 Å². The summed E-state index contributed by atoms with van der Waals surface area (Å²) in [7, 11) is 1.57. The first-order valence-corrected chi connectivity index (χ1v) is 8.17. The maximum atomic E-state index is 12.4. The molecule has 1 heterocycles. The number of aromatic nitrogens is 1. The molecule has 0 saturated heterocycles. The molecule has 1 N–H and O–H groups in total. The van der Waals surface area contributed by atoms with E-state index in [4.69, 9.17) is 9.47 Å². The van der Waals surface area contributed by atoms with Crippen molar-refractivity contribution in [3.63, 3.8) is 0 Å². The number of methoxy groups -OCH3 is 1. The van der Waals surface area contributed by atoms with Gasteiger partial charge in [0.05, 0.1) is 12.8 Å². The predicted molar refractivity (Wildman–Crippen MR) is 94.3 cm³/mol. The van der Waals surface area contributed by atoms with Gasteiger partial charge in [0.2, 0.25) is 0 Å². The van der Waals surface area contributed by atoms with E-state index in [1.807, 2.05) is 30.5 Å². The highest BCUT2D eigenvalue weighted by Crippen LogP contribution is 2.27. The van der Waals surface area contributed by atoms with Crippen molar-refractivity contribution in [2.24, 2.45) is 0 Å². The Balaban J connectivity index is 1.72. The quantitative estimate of drug-likeness (QED) is 0.742. The Bertz CT molecular complexity index is 830. The van der Waals surface area contributed by atoms with Crippen molar-refractivity contribution < 1.29 is 14.3 Å². The Morgan fingerprint density at radius 2 is 1.96 bits per heavy atom. The molecular formula is C18H16N2O3S. The normalized spacial score (nSPS) is 10.2. The Morgan fingerprint density at radius 3 is 2.62 bits per heavy atom. The molecule has 0 aliphatic heterocycles. The summed E-state index contributed by atoms with van der Waals surface area (Å²) in [5, 5.41) is 5.27. The number of nitrogens with zero attached hydrogens (tertiary/aromatic N) is 1. The average molecular weight is 340 g/mol. The van der Waals surface area contributed by atoms with Gasteiger partial charge in [0.1, 0.15) is 11.5 Å². The van der Waals surface area contributed by atoms with Crippen molar-refractivity contribution in [2.45, 2.75) is 6.92 Å². The summed E-state index contributed by atoms with van der Waals surface area (Å²) < 4.78 is 10.9. The van der Waals surface area contributed by atoms with Gasteiger partial charge in [-0.05, 0) is 48.9 Å². The van der Waals surface area contributed by atoms with Gasteiger partial charge < -0.3 is 14.8 Å². The minimum atomic E-state index is -0.209. The van der Waals surface area contributed by atoms with Crippen LogP contribution in [0.25, 0.3) is 0 Å². The van der Waals surface area contributed by atoms with Crippen LogP contribution < -0.4 is 14.8 Å². The first-order chi connectivity index (χ1) is 11.7. The summed E-state index contributed by atoms with van der Waals surface area (Å²) in [6.45, 7) is 1.96. The zero-order valence-corrected chi connectivity index (χ0v) is 14.1. The smallest absolute Gasteiger partial charge is 0.278 e. The molecule has 5 nitrogen and oxygen atoms in total. The van der Waals surface area contributed by atoms with Crippen LogP contribution in [-0.2, 0) is 0 Å². The van der Waals surface area contributed by atoms with Crippen LogP contribution in [-0.4, -0.2) is 18.0 Å². The fraction of sp³-hybridized carbons (Fsp3) is 0.111. The molecule has 0 bridgehead atoms. The second kappa shape index (κ2) is 7.14. The van der Waals surface area contributed by atoms with Gasteiger partial charge in [-0.3, -0.25) is 4.79 Å². The first-order valence-electron chi connectivity index (χ1n) is 7.29. The molecule has 6 heteroatoms. The molecule has 1 aromatic heterocycles. The van der Waals surface area contributed by atoms with Gasteiger partial charge >= 0.3 is 0 Å². The number of rotatable bonds is 5. The van der Waals surface area contributed by atoms with Crippen LogP contribution in [0.3, 0.4) is 0 Å². The summed E-state index contributed by atoms with van der Waals surface area (Å²) in [6.07, 6.45) is 1.68. The van der Waals surface area contributed by atoms with E-state index in [2.05, 4.69) is 10.3 Å². The molecule has 0 aliphatic carbocycles. The molecular weight excluding hydrogens is 324 g/mol. The molecule has 0 fully saturated rings. The molecule has 122 valence electrons. The van der Waals surface area contributed by atoms with Gasteiger partial charge in [0.25, 0.3) is 11.1 Å². The van der Waals surface area contributed by atoms with Crippen LogP contribution in [0, 0.1) is 6.92 Å². The second-order valence-electron chi connectivity index (χ2n) is 5.08. The van der Waals surface area contributed by atoms with E-state index in [1.54, 1.807) is 37.6 Å². The molecule has 0 saturated carbocycles. The van der Waals surface area contributed by atoms with Crippen molar-refractivity contribution in [3.05, 3.63) is 65.2 Å². The van der Waals surface area contributed by atoms with E-state index in [0.29, 0.717) is 27.9 Å². The third-order valence-electron chi connectivity index (χ3n) is 3.33. The summed E-state index contributed by atoms with van der Waals surface area (Å²) in [5.41, 5.74) is 2.22. The monoisotopic (exact) mass is 340 g/mol. The summed E-state index contributed by atoms with van der Waals surface area (Å²) in [4.78, 5) is 16.5. The standard InChI is InChI=1S/C18H16N2O3S/c1-12-3-8-16(22-2)15(11-12)20-17(21)13-4-6-14(7-5-13)23-18-19-9-10-24-18/h3-11H,1-2H3,(H,20,21). The second-order valence-corrected chi connectivity index (χ2v) is 5.94. The minimum absolute atomic E-state index is 0.209. The molecule has 1 amide bonds. The lowest BCUT2D eigenvalue weighted by Gasteiger charge is -2.11. The zero-order chi connectivity index (χ0) is 16.9. The highest BCUT2D eigenvalue weighted by Gasteiger charge is 2.10. The molecule has 3 aromatic rings. The van der Waals surface area contributed by atoms with Crippen LogP contribution in [0.1, 0.15) is 15.9 Å². The van der Waals surface area contributed by atoms with Gasteiger partial charge in [-0.1, -0.05) is 17.4 Å². The predicted octanol–water partition coefficient (Wildman–Crippen LogP) is 4.50. The number of carbonyl (C=O) groups excluding carboxylic acids is 1. The number of nitrogens with one attached hydrogen (secondary N) is 1. The van der Waals surface area contributed by atoms with E-state index < -0.39 is 0 Å². The summed E-state index contributed by atoms with van der Waals surface area (Å²) in [6, 6.07) is 12.5. The highest BCUT2D eigenvalue weighted by atomic mass is 32.1. The van der Waals surface area contributed by atoms with Crippen LogP contribution in [0.15, 0.2) is 54.0 Å². The SMILES string of the molecule is COc1ccc(C)cc1NC(=O)c1ccc(Oc2nccs2)cc1. The maximum absolute atomic E-state index is 12.4. The topological polar surface area (TPSA) is 60.5 Å². The molecule has 0 unspecified atom stereocenters. The van der Waals surface area contributed by atoms with E-state index in [9.17, 15) is 4.79 Å². The Hall–Kier alpha value is -2.86. The number of hydrogen-bond donors (Lipinski definition) is 1. The van der Waals surface area contributed by atoms with Crippen molar-refractivity contribution in [3.8, 4) is 16.7 Å². The fourth-order valence-corrected chi connectivity index (χ4v) is 2.65. The molecule has 0 atom stereocenters. The van der Waals surface area contributed by atoms with Gasteiger partial charge in [0.15, 0.2) is 0 Å². The lowest BCUT2D eigenvalue weighted by Crippen LogP contribution is -2.12. The van der Waals surface area contributed by atoms with Crippen molar-refractivity contribution >= 4 is 22.9 Å². The summed E-state index contributed by atoms with van der Waals surface area (Å²) >= 11 is 1.41. The van der Waals surface area contributed by atoms with Gasteiger partial charge in [0, 0.05) is 17.1 Å². The minimum Gasteiger partial charge on any atom is -0.495 e. The number of benzene rings is 2. The van der Waals surface area contributed by atoms with Crippen molar-refractivity contribution in [2.75, 3.05) is 12.4 Å². The molecule has 2 aromatic carbocycles. The van der Waals surface area contributed by atoms with Crippen molar-refractivity contribution in [1.29, 1.82) is 0 Å². The number of carbonyl (C=O) groups is 1. The Kier molecular flexibility index (Phi) is 4.77. The molecule has 0 radical (unpaired) electrons. The first kappa shape index (κ1) is 16.0. The molecule has 3 rings (SSSR count). The van der Waals surface area contributed by atoms with E-state index >= 15 is 0 Å². The number of ether oxygens (including phenoxy) is 2. The fourth-order valence-electron chi connectivity index (χ4n) is 2.15. The molecule has 0 spiro atoms. The highest BCUT2D eigenvalue weighted by molar-refractivity contribution is 7.11. The van der Waals surface area contributed by atoms with Crippen molar-refractivity contribution in [1.82, 2.24) is 4.98 Å². The zero-order valence-electron chi connectivity index (χ0n) is 13.3. The lowest BCUT2D eigenvalue weighted by molar-refractivity contribution is 0.102. The molecule has 0 aliphatic rings. The van der Waals surface area contributed by atoms with Crippen LogP contribution in [0.2, 0.25) is 0 Å². The third kappa shape index (κ3) is 3.72. The van der Waals surface area contributed by atoms with E-state index in [0.717, 1.165) is 5.56 Å². The third-order valence-corrected chi connectivity index (χ3v) is 3.98. The average Bonchev–Trinajstić information content (AvgIpc) is 3.09. The Morgan fingerprint density at radius 1 is 1.17 bits per heavy atom. The number of thiazole rings is 1. The van der Waals surface area contributed by atoms with E-state index in [-0.39, 0.29) is 5.91 Å².